The molecule has 2 atom stereocenters. The molecule has 0 amide bonds. The van der Waals surface area contributed by atoms with Gasteiger partial charge in [0.05, 0.1) is 0 Å². The van der Waals surface area contributed by atoms with E-state index in [1.165, 1.54) is 31.7 Å². The summed E-state index contributed by atoms with van der Waals surface area (Å²) in [7, 11) is 0. The maximum atomic E-state index is 13.0. The van der Waals surface area contributed by atoms with E-state index in [1.54, 1.807) is 6.07 Å². The molecule has 1 fully saturated rings. The Kier molecular flexibility index (Phi) is 3.47. The van der Waals surface area contributed by atoms with E-state index >= 15 is 0 Å². The zero-order chi connectivity index (χ0) is 11.5. The van der Waals surface area contributed by atoms with E-state index < -0.39 is 0 Å². The van der Waals surface area contributed by atoms with Crippen LogP contribution in [0.3, 0.4) is 0 Å². The summed E-state index contributed by atoms with van der Waals surface area (Å²) in [6.45, 7) is 4.21. The van der Waals surface area contributed by atoms with Gasteiger partial charge in [0.1, 0.15) is 5.82 Å². The summed E-state index contributed by atoms with van der Waals surface area (Å²) in [5.41, 5.74) is 2.09. The summed E-state index contributed by atoms with van der Waals surface area (Å²) in [4.78, 5) is 0. The molecule has 0 radical (unpaired) electrons. The third kappa shape index (κ3) is 2.37. The Bertz CT molecular complexity index is 362. The van der Waals surface area contributed by atoms with E-state index in [2.05, 4.69) is 12.2 Å². The largest absolute Gasteiger partial charge is 0.382 e. The topological polar surface area (TPSA) is 12.0 Å². The minimum Gasteiger partial charge on any atom is -0.382 e. The van der Waals surface area contributed by atoms with E-state index in [1.807, 2.05) is 13.0 Å². The van der Waals surface area contributed by atoms with Crippen LogP contribution in [-0.4, -0.2) is 6.04 Å². The van der Waals surface area contributed by atoms with E-state index in [0.717, 1.165) is 17.2 Å². The van der Waals surface area contributed by atoms with E-state index in [9.17, 15) is 4.39 Å². The van der Waals surface area contributed by atoms with Gasteiger partial charge in [-0.25, -0.2) is 4.39 Å². The van der Waals surface area contributed by atoms with Crippen molar-refractivity contribution in [3.8, 4) is 0 Å². The highest BCUT2D eigenvalue weighted by Gasteiger charge is 2.25. The average molecular weight is 221 g/mol. The third-order valence-corrected chi connectivity index (χ3v) is 3.71. The van der Waals surface area contributed by atoms with Gasteiger partial charge in [-0.2, -0.15) is 0 Å². The molecule has 1 N–H and O–H groups in total. The molecule has 16 heavy (non-hydrogen) atoms. The summed E-state index contributed by atoms with van der Waals surface area (Å²) in [5.74, 6) is 0.631. The van der Waals surface area contributed by atoms with Crippen LogP contribution in [0.1, 0.15) is 38.2 Å². The van der Waals surface area contributed by atoms with Gasteiger partial charge < -0.3 is 5.32 Å². The molecule has 1 saturated carbocycles. The molecular weight excluding hydrogens is 201 g/mol. The predicted molar refractivity (Wildman–Crippen MR) is 66.2 cm³/mol. The molecule has 1 nitrogen and oxygen atoms in total. The summed E-state index contributed by atoms with van der Waals surface area (Å²) < 4.78 is 13.0. The van der Waals surface area contributed by atoms with Crippen LogP contribution >= 0.6 is 0 Å². The Morgan fingerprint density at radius 3 is 2.88 bits per heavy atom. The van der Waals surface area contributed by atoms with Crippen molar-refractivity contribution in [2.75, 3.05) is 5.32 Å². The SMILES string of the molecule is CCC1CCCC1Nc1ccc(F)cc1C. The summed E-state index contributed by atoms with van der Waals surface area (Å²) in [6, 6.07) is 5.56. The number of hydrogen-bond acceptors (Lipinski definition) is 1. The highest BCUT2D eigenvalue weighted by atomic mass is 19.1. The molecule has 2 rings (SSSR count). The maximum Gasteiger partial charge on any atom is 0.123 e. The van der Waals surface area contributed by atoms with Crippen LogP contribution in [0.15, 0.2) is 18.2 Å². The Morgan fingerprint density at radius 1 is 1.38 bits per heavy atom. The number of benzene rings is 1. The quantitative estimate of drug-likeness (QED) is 0.809. The minimum atomic E-state index is -0.151. The van der Waals surface area contributed by atoms with E-state index in [0.29, 0.717) is 6.04 Å². The Labute approximate surface area is 97.1 Å². The van der Waals surface area contributed by atoms with Gasteiger partial charge in [-0.15, -0.1) is 0 Å². The number of nitrogens with one attached hydrogen (secondary N) is 1. The van der Waals surface area contributed by atoms with Gasteiger partial charge in [0.15, 0.2) is 0 Å². The average Bonchev–Trinajstić information content (AvgIpc) is 2.69. The van der Waals surface area contributed by atoms with Crippen LogP contribution in [0.5, 0.6) is 0 Å². The molecule has 1 aromatic carbocycles. The Morgan fingerprint density at radius 2 is 2.19 bits per heavy atom. The van der Waals surface area contributed by atoms with Crippen LogP contribution in [0.2, 0.25) is 0 Å². The van der Waals surface area contributed by atoms with E-state index in [4.69, 9.17) is 0 Å². The molecule has 1 aliphatic carbocycles. The van der Waals surface area contributed by atoms with Gasteiger partial charge >= 0.3 is 0 Å². The van der Waals surface area contributed by atoms with E-state index in [-0.39, 0.29) is 5.82 Å². The third-order valence-electron chi connectivity index (χ3n) is 3.71. The number of rotatable bonds is 3. The molecule has 88 valence electrons. The van der Waals surface area contributed by atoms with Gasteiger partial charge in [-0.1, -0.05) is 19.8 Å². The standard InChI is InChI=1S/C14H20FN/c1-3-11-5-4-6-14(11)16-13-8-7-12(15)9-10(13)2/h7-9,11,14,16H,3-6H2,1-2H3. The number of aryl methyl sites for hydroxylation is 1. The van der Waals surface area contributed by atoms with Crippen molar-refractivity contribution in [2.24, 2.45) is 5.92 Å². The van der Waals surface area contributed by atoms with Gasteiger partial charge in [-0.3, -0.25) is 0 Å². The smallest absolute Gasteiger partial charge is 0.123 e. The van der Waals surface area contributed by atoms with Crippen molar-refractivity contribution in [3.63, 3.8) is 0 Å². The molecular formula is C14H20FN. The summed E-state index contributed by atoms with van der Waals surface area (Å²) >= 11 is 0. The molecule has 2 heteroatoms. The lowest BCUT2D eigenvalue weighted by atomic mass is 10.00. The second-order valence-corrected chi connectivity index (χ2v) is 4.81. The molecule has 0 aliphatic heterocycles. The first-order chi connectivity index (χ1) is 7.70. The second kappa shape index (κ2) is 4.86. The zero-order valence-electron chi connectivity index (χ0n) is 10.1. The number of hydrogen-bond donors (Lipinski definition) is 1. The van der Waals surface area contributed by atoms with Crippen molar-refractivity contribution >= 4 is 5.69 Å². The molecule has 1 aromatic rings. The molecule has 0 bridgehead atoms. The zero-order valence-corrected chi connectivity index (χ0v) is 10.1. The van der Waals surface area contributed by atoms with Gasteiger partial charge in [-0.05, 0) is 49.4 Å². The Hall–Kier alpha value is -1.05. The molecule has 2 unspecified atom stereocenters. The van der Waals surface area contributed by atoms with Gasteiger partial charge in [0.25, 0.3) is 0 Å². The van der Waals surface area contributed by atoms with Crippen molar-refractivity contribution in [1.29, 1.82) is 0 Å². The predicted octanol–water partition coefficient (Wildman–Crippen LogP) is 4.12. The second-order valence-electron chi connectivity index (χ2n) is 4.81. The lowest BCUT2D eigenvalue weighted by molar-refractivity contribution is 0.489. The fraction of sp³-hybridized carbons (Fsp3) is 0.571. The van der Waals surface area contributed by atoms with Crippen molar-refractivity contribution in [1.82, 2.24) is 0 Å². The molecule has 0 saturated heterocycles. The molecule has 1 aliphatic rings. The first-order valence-electron chi connectivity index (χ1n) is 6.23. The summed E-state index contributed by atoms with van der Waals surface area (Å²) in [6.07, 6.45) is 5.12. The first kappa shape index (κ1) is 11.4. The van der Waals surface area contributed by atoms with Gasteiger partial charge in [0.2, 0.25) is 0 Å². The van der Waals surface area contributed by atoms with Crippen molar-refractivity contribution < 1.29 is 4.39 Å². The summed E-state index contributed by atoms with van der Waals surface area (Å²) in [5, 5.41) is 3.57. The Balaban J connectivity index is 2.08. The highest BCUT2D eigenvalue weighted by molar-refractivity contribution is 5.51. The monoisotopic (exact) mass is 221 g/mol. The lowest BCUT2D eigenvalue weighted by Crippen LogP contribution is -2.23. The van der Waals surface area contributed by atoms with Crippen molar-refractivity contribution in [2.45, 2.75) is 45.6 Å². The van der Waals surface area contributed by atoms with Crippen LogP contribution in [0.25, 0.3) is 0 Å². The minimum absolute atomic E-state index is 0.151. The lowest BCUT2D eigenvalue weighted by Gasteiger charge is -2.22. The normalized spacial score (nSPS) is 24.7. The van der Waals surface area contributed by atoms with Crippen LogP contribution in [0.4, 0.5) is 10.1 Å². The van der Waals surface area contributed by atoms with Crippen LogP contribution in [-0.2, 0) is 0 Å². The molecule has 0 heterocycles. The van der Waals surface area contributed by atoms with Gasteiger partial charge in [0, 0.05) is 11.7 Å². The maximum absolute atomic E-state index is 13.0. The van der Waals surface area contributed by atoms with Crippen molar-refractivity contribution in [3.05, 3.63) is 29.6 Å². The highest BCUT2D eigenvalue weighted by Crippen LogP contribution is 2.31. The fourth-order valence-electron chi connectivity index (χ4n) is 2.70. The number of anilines is 1. The molecule has 0 aromatic heterocycles. The first-order valence-corrected chi connectivity index (χ1v) is 6.23. The molecule has 0 spiro atoms. The van der Waals surface area contributed by atoms with Crippen LogP contribution in [0, 0.1) is 18.7 Å². The number of halogens is 1. The van der Waals surface area contributed by atoms with Crippen LogP contribution < -0.4 is 5.32 Å². The fourth-order valence-corrected chi connectivity index (χ4v) is 2.70.